The molecule has 2 aliphatic carbocycles. The maximum atomic E-state index is 12.4. The van der Waals surface area contributed by atoms with E-state index in [2.05, 4.69) is 44.5 Å². The van der Waals surface area contributed by atoms with Crippen LogP contribution in [0.3, 0.4) is 0 Å². The van der Waals surface area contributed by atoms with Gasteiger partial charge in [0.05, 0.1) is 11.6 Å². The summed E-state index contributed by atoms with van der Waals surface area (Å²) < 4.78 is 1.84. The van der Waals surface area contributed by atoms with Gasteiger partial charge in [-0.2, -0.15) is 10.2 Å². The van der Waals surface area contributed by atoms with Gasteiger partial charge in [0.25, 0.3) is 5.56 Å². The van der Waals surface area contributed by atoms with Crippen molar-refractivity contribution in [1.82, 2.24) is 25.0 Å². The Kier molecular flexibility index (Phi) is 3.51. The highest BCUT2D eigenvalue weighted by Crippen LogP contribution is 2.52. The van der Waals surface area contributed by atoms with Crippen molar-refractivity contribution in [3.63, 3.8) is 0 Å². The number of aromatic amines is 1. The summed E-state index contributed by atoms with van der Waals surface area (Å²) in [5.74, 6) is 1.59. The molecule has 2 aliphatic rings. The van der Waals surface area contributed by atoms with Crippen LogP contribution < -0.4 is 5.56 Å². The van der Waals surface area contributed by atoms with Gasteiger partial charge in [-0.25, -0.2) is 10.1 Å². The molecule has 0 saturated heterocycles. The van der Waals surface area contributed by atoms with Crippen molar-refractivity contribution in [3.8, 4) is 0 Å². The molecular formula is C20H21N5O. The first kappa shape index (κ1) is 15.5. The third kappa shape index (κ3) is 2.25. The number of H-pyrrole nitrogens is 1. The van der Waals surface area contributed by atoms with E-state index >= 15 is 0 Å². The van der Waals surface area contributed by atoms with Gasteiger partial charge in [-0.1, -0.05) is 30.3 Å². The fraction of sp³-hybridized carbons (Fsp3) is 0.400. The molecule has 1 N–H and O–H groups in total. The van der Waals surface area contributed by atoms with Crippen LogP contribution in [0.5, 0.6) is 0 Å². The zero-order chi connectivity index (χ0) is 17.7. The summed E-state index contributed by atoms with van der Waals surface area (Å²) in [6.45, 7) is 0. The topological polar surface area (TPSA) is 76.5 Å². The molecule has 0 radical (unpaired) electrons. The Hall–Kier alpha value is -2.76. The lowest BCUT2D eigenvalue weighted by Gasteiger charge is -2.39. The van der Waals surface area contributed by atoms with E-state index in [1.807, 2.05) is 17.8 Å². The molecule has 0 bridgehead atoms. The Labute approximate surface area is 151 Å². The average molecular weight is 347 g/mol. The second-order valence-electron chi connectivity index (χ2n) is 7.39. The monoisotopic (exact) mass is 347 g/mol. The fourth-order valence-electron chi connectivity index (χ4n) is 4.91. The SMILES string of the molecule is Cn1ncnc1C1c2n[nH]c(=O)c3c2C(CCC3)CC1c1ccccc1. The number of rotatable bonds is 2. The Bertz CT molecular complexity index is 1010. The normalized spacial score (nSPS) is 24.3. The lowest BCUT2D eigenvalue weighted by atomic mass is 9.65. The molecule has 1 aromatic carbocycles. The molecule has 5 rings (SSSR count). The molecule has 2 heterocycles. The minimum atomic E-state index is -0.0247. The molecule has 26 heavy (non-hydrogen) atoms. The summed E-state index contributed by atoms with van der Waals surface area (Å²) in [7, 11) is 1.93. The first-order valence-electron chi connectivity index (χ1n) is 9.24. The molecule has 0 aliphatic heterocycles. The zero-order valence-corrected chi connectivity index (χ0v) is 14.7. The number of hydrogen-bond acceptors (Lipinski definition) is 4. The fourth-order valence-corrected chi connectivity index (χ4v) is 4.91. The lowest BCUT2D eigenvalue weighted by molar-refractivity contribution is 0.384. The number of benzene rings is 1. The highest BCUT2D eigenvalue weighted by molar-refractivity contribution is 5.44. The van der Waals surface area contributed by atoms with Gasteiger partial charge in [-0.15, -0.1) is 0 Å². The smallest absolute Gasteiger partial charge is 0.267 e. The Balaban J connectivity index is 1.76. The first-order chi connectivity index (χ1) is 12.7. The Morgan fingerprint density at radius 3 is 2.85 bits per heavy atom. The number of aromatic nitrogens is 5. The lowest BCUT2D eigenvalue weighted by Crippen LogP contribution is -2.33. The van der Waals surface area contributed by atoms with E-state index in [1.165, 1.54) is 11.1 Å². The van der Waals surface area contributed by atoms with Crippen LogP contribution in [0.4, 0.5) is 0 Å². The highest BCUT2D eigenvalue weighted by atomic mass is 16.1. The summed E-state index contributed by atoms with van der Waals surface area (Å²) in [6, 6.07) is 10.6. The molecule has 132 valence electrons. The summed E-state index contributed by atoms with van der Waals surface area (Å²) in [6.07, 6.45) is 5.66. The highest BCUT2D eigenvalue weighted by Gasteiger charge is 2.42. The van der Waals surface area contributed by atoms with Gasteiger partial charge < -0.3 is 0 Å². The summed E-state index contributed by atoms with van der Waals surface area (Å²) >= 11 is 0. The van der Waals surface area contributed by atoms with Gasteiger partial charge in [0.2, 0.25) is 0 Å². The number of nitrogens with one attached hydrogen (secondary N) is 1. The van der Waals surface area contributed by atoms with Gasteiger partial charge in [0.15, 0.2) is 0 Å². The van der Waals surface area contributed by atoms with Crippen LogP contribution in [0.1, 0.15) is 65.2 Å². The van der Waals surface area contributed by atoms with Crippen molar-refractivity contribution in [1.29, 1.82) is 0 Å². The minimum Gasteiger partial charge on any atom is -0.268 e. The molecule has 0 fully saturated rings. The summed E-state index contributed by atoms with van der Waals surface area (Å²) in [4.78, 5) is 16.9. The first-order valence-corrected chi connectivity index (χ1v) is 9.24. The summed E-state index contributed by atoms with van der Waals surface area (Å²) in [5.41, 5.74) is 4.38. The molecule has 0 saturated carbocycles. The van der Waals surface area contributed by atoms with Crippen molar-refractivity contribution in [2.75, 3.05) is 0 Å². The second kappa shape index (κ2) is 5.90. The molecule has 0 amide bonds. The zero-order valence-electron chi connectivity index (χ0n) is 14.7. The van der Waals surface area contributed by atoms with Crippen LogP contribution in [0.25, 0.3) is 0 Å². The molecule has 6 heteroatoms. The Morgan fingerprint density at radius 2 is 2.08 bits per heavy atom. The van der Waals surface area contributed by atoms with Crippen LogP contribution in [0.2, 0.25) is 0 Å². The van der Waals surface area contributed by atoms with E-state index in [4.69, 9.17) is 0 Å². The van der Waals surface area contributed by atoms with Crippen LogP contribution >= 0.6 is 0 Å². The molecule has 3 aromatic rings. The van der Waals surface area contributed by atoms with E-state index in [0.29, 0.717) is 5.92 Å². The van der Waals surface area contributed by atoms with E-state index in [-0.39, 0.29) is 17.4 Å². The van der Waals surface area contributed by atoms with Crippen molar-refractivity contribution < 1.29 is 0 Å². The molecule has 3 atom stereocenters. The summed E-state index contributed by atoms with van der Waals surface area (Å²) in [5, 5.41) is 11.6. The van der Waals surface area contributed by atoms with E-state index in [9.17, 15) is 4.79 Å². The van der Waals surface area contributed by atoms with Gasteiger partial charge in [-0.05, 0) is 42.7 Å². The van der Waals surface area contributed by atoms with Crippen molar-refractivity contribution in [3.05, 3.63) is 75.2 Å². The van der Waals surface area contributed by atoms with E-state index in [1.54, 1.807) is 6.33 Å². The number of hydrogen-bond donors (Lipinski definition) is 1. The maximum Gasteiger partial charge on any atom is 0.267 e. The predicted molar refractivity (Wildman–Crippen MR) is 97.2 cm³/mol. The molecule has 2 aromatic heterocycles. The maximum absolute atomic E-state index is 12.4. The van der Waals surface area contributed by atoms with Crippen LogP contribution in [0, 0.1) is 0 Å². The third-order valence-electron chi connectivity index (χ3n) is 6.03. The van der Waals surface area contributed by atoms with Gasteiger partial charge in [0.1, 0.15) is 12.2 Å². The van der Waals surface area contributed by atoms with Crippen molar-refractivity contribution in [2.45, 2.75) is 43.4 Å². The molecule has 0 spiro atoms. The number of nitrogens with zero attached hydrogens (tertiary/aromatic N) is 4. The second-order valence-corrected chi connectivity index (χ2v) is 7.39. The van der Waals surface area contributed by atoms with Crippen LogP contribution in [-0.2, 0) is 13.5 Å². The number of aryl methyl sites for hydroxylation is 1. The Morgan fingerprint density at radius 1 is 1.23 bits per heavy atom. The largest absolute Gasteiger partial charge is 0.268 e. The predicted octanol–water partition coefficient (Wildman–Crippen LogP) is 2.64. The molecular weight excluding hydrogens is 326 g/mol. The average Bonchev–Trinajstić information content (AvgIpc) is 3.10. The van der Waals surface area contributed by atoms with Crippen molar-refractivity contribution in [2.24, 2.45) is 7.05 Å². The van der Waals surface area contributed by atoms with Crippen LogP contribution in [0.15, 0.2) is 41.5 Å². The molecule has 3 unspecified atom stereocenters. The van der Waals surface area contributed by atoms with E-state index in [0.717, 1.165) is 42.8 Å². The van der Waals surface area contributed by atoms with Crippen LogP contribution in [-0.4, -0.2) is 25.0 Å². The quantitative estimate of drug-likeness (QED) is 0.773. The van der Waals surface area contributed by atoms with Gasteiger partial charge in [-0.3, -0.25) is 9.48 Å². The third-order valence-corrected chi connectivity index (χ3v) is 6.03. The van der Waals surface area contributed by atoms with E-state index < -0.39 is 0 Å². The minimum absolute atomic E-state index is 0.00449. The standard InChI is InChI=1S/C20H21N5O/c1-25-19(21-11-22-25)17-15(12-6-3-2-4-7-12)10-13-8-5-9-14-16(13)18(17)23-24-20(14)26/h2-4,6-7,11,13,15,17H,5,8-10H2,1H3,(H,24,26). The van der Waals surface area contributed by atoms with Gasteiger partial charge in [0, 0.05) is 18.5 Å². The van der Waals surface area contributed by atoms with Crippen molar-refractivity contribution >= 4 is 0 Å². The van der Waals surface area contributed by atoms with Gasteiger partial charge >= 0.3 is 0 Å². The molecule has 6 nitrogen and oxygen atoms in total.